The van der Waals surface area contributed by atoms with Gasteiger partial charge in [0.15, 0.2) is 5.65 Å². The van der Waals surface area contributed by atoms with Gasteiger partial charge >= 0.3 is 6.01 Å². The molecule has 10 heteroatoms. The number of carbonyl (C=O) groups excluding carboxylic acids is 1. The van der Waals surface area contributed by atoms with Gasteiger partial charge in [-0.3, -0.25) is 9.89 Å². The Morgan fingerprint density at radius 2 is 2.12 bits per heavy atom. The first-order valence-corrected chi connectivity index (χ1v) is 12.0. The van der Waals surface area contributed by atoms with Crippen molar-refractivity contribution in [3.05, 3.63) is 35.8 Å². The summed E-state index contributed by atoms with van der Waals surface area (Å²) in [6, 6.07) is 5.87. The van der Waals surface area contributed by atoms with Gasteiger partial charge in [0.2, 0.25) is 0 Å². The molecule has 0 aromatic carbocycles. The molecule has 3 N–H and O–H groups in total. The molecule has 3 saturated carbocycles. The molecule has 4 heterocycles. The van der Waals surface area contributed by atoms with Gasteiger partial charge in [-0.25, -0.2) is 4.98 Å². The zero-order chi connectivity index (χ0) is 23.3. The average Bonchev–Trinajstić information content (AvgIpc) is 3.24. The lowest BCUT2D eigenvalue weighted by atomic mass is 9.50. The minimum Gasteiger partial charge on any atom is -0.458 e. The Morgan fingerprint density at radius 1 is 1.32 bits per heavy atom. The van der Waals surface area contributed by atoms with Crippen LogP contribution in [0.5, 0.6) is 6.01 Å². The molecule has 3 aliphatic carbocycles. The minimum atomic E-state index is -0.462. The normalized spacial score (nSPS) is 24.9. The van der Waals surface area contributed by atoms with Crippen LogP contribution in [0.25, 0.3) is 11.0 Å². The highest BCUT2D eigenvalue weighted by Gasteiger charge is 2.57. The number of ether oxygens (including phenoxy) is 1. The smallest absolute Gasteiger partial charge is 0.319 e. The zero-order valence-corrected chi connectivity index (χ0v) is 19.2. The van der Waals surface area contributed by atoms with Crippen LogP contribution >= 0.6 is 0 Å². The van der Waals surface area contributed by atoms with E-state index in [2.05, 4.69) is 41.4 Å². The van der Waals surface area contributed by atoms with E-state index in [-0.39, 0.29) is 24.1 Å². The van der Waals surface area contributed by atoms with Crippen molar-refractivity contribution in [1.82, 2.24) is 30.5 Å². The molecule has 178 valence electrons. The highest BCUT2D eigenvalue weighted by molar-refractivity contribution is 5.94. The predicted octanol–water partition coefficient (Wildman–Crippen LogP) is 2.17. The third-order valence-corrected chi connectivity index (χ3v) is 7.48. The van der Waals surface area contributed by atoms with Crippen LogP contribution in [0.15, 0.2) is 24.4 Å². The largest absolute Gasteiger partial charge is 0.458 e. The molecule has 10 nitrogen and oxygen atoms in total. The van der Waals surface area contributed by atoms with E-state index in [4.69, 9.17) is 4.74 Å². The van der Waals surface area contributed by atoms with E-state index in [1.807, 2.05) is 6.07 Å². The van der Waals surface area contributed by atoms with Crippen LogP contribution in [0.1, 0.15) is 61.1 Å². The average molecular weight is 464 g/mol. The van der Waals surface area contributed by atoms with Gasteiger partial charge in [0, 0.05) is 42.2 Å². The molecule has 1 saturated heterocycles. The molecule has 1 aliphatic heterocycles. The van der Waals surface area contributed by atoms with Crippen LogP contribution in [-0.4, -0.2) is 67.5 Å². The summed E-state index contributed by atoms with van der Waals surface area (Å²) >= 11 is 0. The molecule has 0 unspecified atom stereocenters. The Morgan fingerprint density at radius 3 is 2.82 bits per heavy atom. The molecule has 1 atom stereocenters. The van der Waals surface area contributed by atoms with Gasteiger partial charge in [0.05, 0.1) is 12.3 Å². The van der Waals surface area contributed by atoms with Crippen LogP contribution in [0.2, 0.25) is 0 Å². The first kappa shape index (κ1) is 21.3. The maximum atomic E-state index is 13.0. The third-order valence-electron chi connectivity index (χ3n) is 7.48. The Hall–Kier alpha value is -3.27. The molecule has 34 heavy (non-hydrogen) atoms. The van der Waals surface area contributed by atoms with E-state index in [1.54, 1.807) is 19.2 Å². The Balaban J connectivity index is 1.20. The Labute approximate surface area is 197 Å². The number of pyridine rings is 1. The predicted molar refractivity (Wildman–Crippen MR) is 125 cm³/mol. The van der Waals surface area contributed by atoms with Gasteiger partial charge in [-0.2, -0.15) is 15.1 Å². The zero-order valence-electron chi connectivity index (χ0n) is 19.2. The number of H-pyrrole nitrogens is 1. The standard InChI is InChI=1S/C24H29N7O3/c1-14(13-32)34-23-26-18(22(33)28-24-10-15(11-24)12-24)9-19(27-23)31-7-4-16(5-8-31)20-17-3-2-6-25-21(17)30-29-20/h2-3,6,9,14-16,32H,4-5,7-8,10-13H2,1H3,(H,28,33)(H,25,29,30)/t14-,15?,24?/m1/s1. The number of piperidine rings is 1. The van der Waals surface area contributed by atoms with Crippen LogP contribution in [0, 0.1) is 5.92 Å². The van der Waals surface area contributed by atoms with Crippen molar-refractivity contribution < 1.29 is 14.6 Å². The number of aromatic amines is 1. The van der Waals surface area contributed by atoms with Crippen molar-refractivity contribution in [2.24, 2.45) is 5.92 Å². The summed E-state index contributed by atoms with van der Waals surface area (Å²) in [6.45, 7) is 3.14. The van der Waals surface area contributed by atoms with Gasteiger partial charge in [0.1, 0.15) is 17.6 Å². The fourth-order valence-corrected chi connectivity index (χ4v) is 5.47. The summed E-state index contributed by atoms with van der Waals surface area (Å²) in [7, 11) is 0. The second-order valence-corrected chi connectivity index (χ2v) is 9.99. The first-order valence-electron chi connectivity index (χ1n) is 12.0. The second kappa shape index (κ2) is 8.19. The van der Waals surface area contributed by atoms with Gasteiger partial charge in [0.25, 0.3) is 5.91 Å². The maximum absolute atomic E-state index is 13.0. The van der Waals surface area contributed by atoms with Crippen LogP contribution < -0.4 is 15.0 Å². The van der Waals surface area contributed by atoms with Crippen molar-refractivity contribution in [2.45, 2.75) is 56.6 Å². The number of hydrogen-bond acceptors (Lipinski definition) is 8. The van der Waals surface area contributed by atoms with E-state index < -0.39 is 6.10 Å². The van der Waals surface area contributed by atoms with Crippen LogP contribution in [-0.2, 0) is 0 Å². The van der Waals surface area contributed by atoms with Crippen molar-refractivity contribution in [1.29, 1.82) is 0 Å². The van der Waals surface area contributed by atoms with Crippen molar-refractivity contribution >= 4 is 22.8 Å². The molecule has 0 radical (unpaired) electrons. The monoisotopic (exact) mass is 463 g/mol. The van der Waals surface area contributed by atoms with E-state index in [0.717, 1.165) is 67.8 Å². The molecular formula is C24H29N7O3. The van der Waals surface area contributed by atoms with Crippen molar-refractivity contribution in [2.75, 3.05) is 24.6 Å². The number of carbonyl (C=O) groups is 1. The van der Waals surface area contributed by atoms with Gasteiger partial charge in [-0.1, -0.05) is 0 Å². The van der Waals surface area contributed by atoms with E-state index in [0.29, 0.717) is 17.4 Å². The number of rotatable bonds is 7. The lowest BCUT2D eigenvalue weighted by Crippen LogP contribution is -2.68. The molecule has 3 aromatic rings. The number of anilines is 1. The first-order chi connectivity index (χ1) is 16.5. The van der Waals surface area contributed by atoms with Crippen LogP contribution in [0.3, 0.4) is 0 Å². The van der Waals surface area contributed by atoms with E-state index >= 15 is 0 Å². The summed E-state index contributed by atoms with van der Waals surface area (Å²) in [4.78, 5) is 28.5. The summed E-state index contributed by atoms with van der Waals surface area (Å²) in [5.74, 6) is 1.58. The number of amides is 1. The van der Waals surface area contributed by atoms with E-state index in [9.17, 15) is 9.90 Å². The number of aliphatic hydroxyl groups is 1. The lowest BCUT2D eigenvalue weighted by molar-refractivity contribution is -0.0440. The quantitative estimate of drug-likeness (QED) is 0.486. The molecular weight excluding hydrogens is 434 g/mol. The number of fused-ring (bicyclic) bond motifs is 1. The highest BCUT2D eigenvalue weighted by atomic mass is 16.5. The fraction of sp³-hybridized carbons (Fsp3) is 0.542. The Bertz CT molecular complexity index is 1200. The van der Waals surface area contributed by atoms with Crippen molar-refractivity contribution in [3.63, 3.8) is 0 Å². The number of aromatic nitrogens is 5. The molecule has 3 aromatic heterocycles. The van der Waals surface area contributed by atoms with Gasteiger partial charge in [-0.15, -0.1) is 0 Å². The SMILES string of the molecule is C[C@H](CO)Oc1nc(C(=O)NC23CC(C2)C3)cc(N2CCC(c3n[nH]c4ncccc34)CC2)n1. The van der Waals surface area contributed by atoms with Gasteiger partial charge < -0.3 is 20.1 Å². The summed E-state index contributed by atoms with van der Waals surface area (Å²) in [6.07, 6.45) is 6.31. The molecule has 4 aliphatic rings. The van der Waals surface area contributed by atoms with Gasteiger partial charge in [-0.05, 0) is 57.1 Å². The second-order valence-electron chi connectivity index (χ2n) is 9.99. The number of nitrogens with zero attached hydrogens (tertiary/aromatic N) is 5. The lowest BCUT2D eigenvalue weighted by Gasteiger charge is -2.61. The number of hydrogen-bond donors (Lipinski definition) is 3. The number of nitrogens with one attached hydrogen (secondary N) is 2. The number of aliphatic hydroxyl groups excluding tert-OH is 1. The molecule has 7 rings (SSSR count). The van der Waals surface area contributed by atoms with Crippen molar-refractivity contribution in [3.8, 4) is 6.01 Å². The summed E-state index contributed by atoms with van der Waals surface area (Å²) in [5, 5.41) is 21.2. The molecule has 2 bridgehead atoms. The summed E-state index contributed by atoms with van der Waals surface area (Å²) < 4.78 is 5.69. The topological polar surface area (TPSA) is 129 Å². The van der Waals surface area contributed by atoms with E-state index in [1.165, 1.54) is 0 Å². The summed E-state index contributed by atoms with van der Waals surface area (Å²) in [5.41, 5.74) is 2.15. The van der Waals surface area contributed by atoms with Crippen LogP contribution in [0.4, 0.5) is 5.82 Å². The highest BCUT2D eigenvalue weighted by Crippen LogP contribution is 2.57. The molecule has 4 fully saturated rings. The third kappa shape index (κ3) is 3.75. The molecule has 1 amide bonds. The fourth-order valence-electron chi connectivity index (χ4n) is 5.47. The molecule has 0 spiro atoms. The maximum Gasteiger partial charge on any atom is 0.319 e. The minimum absolute atomic E-state index is 0.0359. The Kier molecular flexibility index (Phi) is 5.13.